The first-order valence-corrected chi connectivity index (χ1v) is 11.9. The lowest BCUT2D eigenvalue weighted by Crippen LogP contribution is -2.28. The van der Waals surface area contributed by atoms with Gasteiger partial charge in [0.1, 0.15) is 10.6 Å². The van der Waals surface area contributed by atoms with Crippen molar-refractivity contribution in [3.63, 3.8) is 0 Å². The molecular weight excluding hydrogens is 406 g/mol. The van der Waals surface area contributed by atoms with Crippen molar-refractivity contribution in [2.75, 3.05) is 12.3 Å². The summed E-state index contributed by atoms with van der Waals surface area (Å²) >= 11 is 2.95. The largest absolute Gasteiger partial charge is 0.467 e. The van der Waals surface area contributed by atoms with Gasteiger partial charge in [0.15, 0.2) is 5.16 Å². The van der Waals surface area contributed by atoms with E-state index in [0.717, 1.165) is 42.3 Å². The fourth-order valence-corrected chi connectivity index (χ4v) is 5.74. The van der Waals surface area contributed by atoms with Crippen LogP contribution in [0.25, 0.3) is 10.2 Å². The molecule has 0 aliphatic heterocycles. The highest BCUT2D eigenvalue weighted by Crippen LogP contribution is 2.34. The van der Waals surface area contributed by atoms with E-state index in [1.165, 1.54) is 28.6 Å². The number of aryl methyl sites for hydroxylation is 2. The maximum Gasteiger partial charge on any atom is 0.263 e. The fraction of sp³-hybridized carbons (Fsp3) is 0.476. The van der Waals surface area contributed by atoms with Crippen molar-refractivity contribution in [2.45, 2.75) is 57.1 Å². The quantitative estimate of drug-likeness (QED) is 0.332. The highest BCUT2D eigenvalue weighted by molar-refractivity contribution is 7.99. The zero-order valence-corrected chi connectivity index (χ0v) is 18.2. The summed E-state index contributed by atoms with van der Waals surface area (Å²) in [7, 11) is 0. The highest BCUT2D eigenvalue weighted by atomic mass is 32.2. The van der Waals surface area contributed by atoms with Gasteiger partial charge in [-0.1, -0.05) is 25.1 Å². The van der Waals surface area contributed by atoms with E-state index in [4.69, 9.17) is 9.40 Å². The van der Waals surface area contributed by atoms with Crippen molar-refractivity contribution in [3.8, 4) is 0 Å². The molecule has 0 spiro atoms. The van der Waals surface area contributed by atoms with Crippen LogP contribution in [0, 0.1) is 0 Å². The molecule has 154 valence electrons. The Kier molecular flexibility index (Phi) is 6.40. The average Bonchev–Trinajstić information content (AvgIpc) is 3.36. The number of hydrogen-bond acceptors (Lipinski definition) is 6. The van der Waals surface area contributed by atoms with E-state index in [1.807, 2.05) is 12.1 Å². The third-order valence-electron chi connectivity index (χ3n) is 5.12. The maximum atomic E-state index is 13.4. The van der Waals surface area contributed by atoms with Crippen LogP contribution in [0.15, 0.2) is 32.8 Å². The Labute approximate surface area is 177 Å². The van der Waals surface area contributed by atoms with Gasteiger partial charge < -0.3 is 9.73 Å². The van der Waals surface area contributed by atoms with Gasteiger partial charge in [-0.25, -0.2) is 4.98 Å². The SMILES string of the molecule is CCCCNC(=O)CSc1nc2sc3c(c2c(=O)n1Cc1ccco1)CCCC3. The lowest BCUT2D eigenvalue weighted by atomic mass is 9.97. The first-order valence-electron chi connectivity index (χ1n) is 10.1. The number of thiophene rings is 1. The molecule has 1 aliphatic rings. The second kappa shape index (κ2) is 9.17. The van der Waals surface area contributed by atoms with E-state index < -0.39 is 0 Å². The molecule has 29 heavy (non-hydrogen) atoms. The van der Waals surface area contributed by atoms with E-state index in [-0.39, 0.29) is 17.2 Å². The van der Waals surface area contributed by atoms with E-state index >= 15 is 0 Å². The minimum Gasteiger partial charge on any atom is -0.467 e. The topological polar surface area (TPSA) is 77.1 Å². The predicted octanol–water partition coefficient (Wildman–Crippen LogP) is 3.99. The van der Waals surface area contributed by atoms with Crippen molar-refractivity contribution in [1.82, 2.24) is 14.9 Å². The molecule has 1 aliphatic carbocycles. The van der Waals surface area contributed by atoms with Crippen LogP contribution < -0.4 is 10.9 Å². The van der Waals surface area contributed by atoms with E-state index in [2.05, 4.69) is 12.2 Å². The summed E-state index contributed by atoms with van der Waals surface area (Å²) in [4.78, 5) is 32.5. The monoisotopic (exact) mass is 431 g/mol. The zero-order valence-electron chi connectivity index (χ0n) is 16.5. The van der Waals surface area contributed by atoms with Crippen LogP contribution in [-0.2, 0) is 24.2 Å². The number of thioether (sulfide) groups is 1. The lowest BCUT2D eigenvalue weighted by molar-refractivity contribution is -0.118. The zero-order chi connectivity index (χ0) is 20.2. The summed E-state index contributed by atoms with van der Waals surface area (Å²) in [5, 5.41) is 4.25. The van der Waals surface area contributed by atoms with Crippen molar-refractivity contribution < 1.29 is 9.21 Å². The predicted molar refractivity (Wildman–Crippen MR) is 117 cm³/mol. The Morgan fingerprint density at radius 1 is 1.38 bits per heavy atom. The molecule has 0 aromatic carbocycles. The van der Waals surface area contributed by atoms with Gasteiger partial charge >= 0.3 is 0 Å². The highest BCUT2D eigenvalue weighted by Gasteiger charge is 2.23. The molecule has 0 fully saturated rings. The van der Waals surface area contributed by atoms with Crippen molar-refractivity contribution in [2.24, 2.45) is 0 Å². The number of unbranched alkanes of at least 4 members (excludes halogenated alkanes) is 1. The number of nitrogens with one attached hydrogen (secondary N) is 1. The van der Waals surface area contributed by atoms with Crippen molar-refractivity contribution in [3.05, 3.63) is 45.0 Å². The molecule has 1 N–H and O–H groups in total. The molecule has 0 unspecified atom stereocenters. The minimum atomic E-state index is -0.0344. The summed E-state index contributed by atoms with van der Waals surface area (Å²) < 4.78 is 7.13. The molecule has 0 saturated carbocycles. The van der Waals surface area contributed by atoms with Gasteiger partial charge in [-0.05, 0) is 49.8 Å². The Hall–Kier alpha value is -2.06. The lowest BCUT2D eigenvalue weighted by Gasteiger charge is -2.13. The summed E-state index contributed by atoms with van der Waals surface area (Å²) in [6.45, 7) is 3.09. The molecular formula is C21H25N3O3S2. The first-order chi connectivity index (χ1) is 14.2. The third-order valence-corrected chi connectivity index (χ3v) is 7.28. The smallest absolute Gasteiger partial charge is 0.263 e. The Bertz CT molecular complexity index is 1050. The Balaban J connectivity index is 1.67. The standard InChI is InChI=1S/C21H25N3O3S2/c1-2-3-10-22-17(25)13-28-21-23-19-18(15-8-4-5-9-16(15)29-19)20(26)24(21)12-14-7-6-11-27-14/h6-7,11H,2-5,8-10,12-13H2,1H3,(H,22,25). The number of rotatable bonds is 8. The third kappa shape index (κ3) is 4.43. The van der Waals surface area contributed by atoms with Gasteiger partial charge in [-0.3, -0.25) is 14.2 Å². The Morgan fingerprint density at radius 2 is 2.24 bits per heavy atom. The fourth-order valence-electron chi connectivity index (χ4n) is 3.61. The van der Waals surface area contributed by atoms with Gasteiger partial charge in [0.25, 0.3) is 5.56 Å². The first kappa shape index (κ1) is 20.2. The molecule has 0 atom stereocenters. The van der Waals surface area contributed by atoms with Gasteiger partial charge in [0.05, 0.1) is 23.9 Å². The van der Waals surface area contributed by atoms with E-state index in [9.17, 15) is 9.59 Å². The number of carbonyl (C=O) groups is 1. The summed E-state index contributed by atoms with van der Waals surface area (Å²) in [5.74, 6) is 0.907. The Morgan fingerprint density at radius 3 is 3.03 bits per heavy atom. The number of hydrogen-bond donors (Lipinski definition) is 1. The molecule has 0 saturated heterocycles. The van der Waals surface area contributed by atoms with Gasteiger partial charge in [0, 0.05) is 11.4 Å². The molecule has 3 aromatic heterocycles. The van der Waals surface area contributed by atoms with Crippen molar-refractivity contribution >= 4 is 39.2 Å². The molecule has 3 aromatic rings. The molecule has 8 heteroatoms. The normalized spacial score (nSPS) is 13.6. The molecule has 0 bridgehead atoms. The van der Waals surface area contributed by atoms with Crippen LogP contribution >= 0.6 is 23.1 Å². The second-order valence-electron chi connectivity index (χ2n) is 7.25. The van der Waals surface area contributed by atoms with Crippen LogP contribution in [0.2, 0.25) is 0 Å². The van der Waals surface area contributed by atoms with Crippen LogP contribution in [0.3, 0.4) is 0 Å². The number of aromatic nitrogens is 2. The minimum absolute atomic E-state index is 0.0281. The number of amides is 1. The van der Waals surface area contributed by atoms with Crippen molar-refractivity contribution in [1.29, 1.82) is 0 Å². The van der Waals surface area contributed by atoms with Gasteiger partial charge in [-0.2, -0.15) is 0 Å². The van der Waals surface area contributed by atoms with E-state index in [0.29, 0.717) is 24.0 Å². The molecule has 1 amide bonds. The van der Waals surface area contributed by atoms with Crippen LogP contribution in [0.4, 0.5) is 0 Å². The van der Waals surface area contributed by atoms with Gasteiger partial charge in [-0.15, -0.1) is 11.3 Å². The summed E-state index contributed by atoms with van der Waals surface area (Å²) in [6, 6.07) is 3.67. The summed E-state index contributed by atoms with van der Waals surface area (Å²) in [5.41, 5.74) is 1.15. The second-order valence-corrected chi connectivity index (χ2v) is 9.27. The average molecular weight is 432 g/mol. The maximum absolute atomic E-state index is 13.4. The van der Waals surface area contributed by atoms with Gasteiger partial charge in [0.2, 0.25) is 5.91 Å². The molecule has 4 rings (SSSR count). The van der Waals surface area contributed by atoms with Crippen LogP contribution in [0.1, 0.15) is 48.8 Å². The number of fused-ring (bicyclic) bond motifs is 3. The van der Waals surface area contributed by atoms with Crippen LogP contribution in [-0.4, -0.2) is 27.8 Å². The molecule has 6 nitrogen and oxygen atoms in total. The summed E-state index contributed by atoms with van der Waals surface area (Å²) in [6.07, 6.45) is 7.86. The number of nitrogens with zero attached hydrogens (tertiary/aromatic N) is 2. The molecule has 0 radical (unpaired) electrons. The number of furan rings is 1. The van der Waals surface area contributed by atoms with E-state index in [1.54, 1.807) is 22.2 Å². The molecule has 3 heterocycles. The van der Waals surface area contributed by atoms with Crippen LogP contribution in [0.5, 0.6) is 0 Å². The number of carbonyl (C=O) groups excluding carboxylic acids is 1.